The predicted molar refractivity (Wildman–Crippen MR) is 230 cm³/mol. The van der Waals surface area contributed by atoms with Crippen LogP contribution in [0.1, 0.15) is 127 Å². The summed E-state index contributed by atoms with van der Waals surface area (Å²) >= 11 is 0. The quantitative estimate of drug-likeness (QED) is 0.146. The fourth-order valence-corrected chi connectivity index (χ4v) is 15.5. The third kappa shape index (κ3) is 8.11. The molecule has 0 amide bonds. The molecule has 0 aromatic carbocycles. The van der Waals surface area contributed by atoms with Crippen molar-refractivity contribution in [3.05, 3.63) is 0 Å². The van der Waals surface area contributed by atoms with Crippen LogP contribution in [-0.2, 0) is 33.2 Å². The number of rotatable bonds is 9. The molecular formula is C48H82O17. The molecule has 26 atom stereocenters. The van der Waals surface area contributed by atoms with E-state index in [0.29, 0.717) is 12.8 Å². The van der Waals surface area contributed by atoms with Gasteiger partial charge >= 0.3 is 0 Å². The summed E-state index contributed by atoms with van der Waals surface area (Å²) in [5, 5.41) is 110. The summed E-state index contributed by atoms with van der Waals surface area (Å²) in [4.78, 5) is 0. The molecule has 4 saturated heterocycles. The summed E-state index contributed by atoms with van der Waals surface area (Å²) in [6.45, 7) is 19.8. The van der Waals surface area contributed by atoms with E-state index in [-0.39, 0.29) is 46.0 Å². The molecule has 65 heavy (non-hydrogen) atoms. The molecule has 376 valence electrons. The van der Waals surface area contributed by atoms with E-state index < -0.39 is 128 Å². The van der Waals surface area contributed by atoms with Gasteiger partial charge in [-0.25, -0.2) is 0 Å². The van der Waals surface area contributed by atoms with Crippen molar-refractivity contribution in [2.75, 3.05) is 6.61 Å². The SMILES string of the molecule is CC1OC(O[C@H]2[C@H](O[C@H]3CC[C@]4(C)[C@H]5C[C@@H](O)[C@@H]6[C@@H]([C@]7(C)CC[C@H](C(C)(C)O)O7)CC[C@@]6(C)[C@]5(C)CC[C@H]4C3(C)C)O[C@H](CO)[C@@H](O)[C@@H]2O[C@@H]2O[C@@H](C)[C@H](O)[C@@H](O)[C@H]2O)[C@H](O)[C@H](O)C1O. The maximum atomic E-state index is 12.5. The number of hydrogen-bond acceptors (Lipinski definition) is 17. The van der Waals surface area contributed by atoms with Crippen molar-refractivity contribution in [1.29, 1.82) is 0 Å². The van der Waals surface area contributed by atoms with Crippen LogP contribution in [0.2, 0.25) is 0 Å². The first-order valence-corrected chi connectivity index (χ1v) is 24.5. The van der Waals surface area contributed by atoms with Gasteiger partial charge < -0.3 is 84.2 Å². The Bertz CT molecular complexity index is 1680. The zero-order chi connectivity index (χ0) is 47.7. The average molecular weight is 931 g/mol. The normalized spacial score (nSPS) is 57.0. The summed E-state index contributed by atoms with van der Waals surface area (Å²) in [6, 6.07) is 0. The van der Waals surface area contributed by atoms with Crippen LogP contribution in [0, 0.1) is 45.3 Å². The smallest absolute Gasteiger partial charge is 0.187 e. The Balaban J connectivity index is 1.06. The number of aliphatic hydroxyl groups is 10. The molecule has 4 aliphatic heterocycles. The Morgan fingerprint density at radius 3 is 1.71 bits per heavy atom. The molecular weight excluding hydrogens is 849 g/mol. The van der Waals surface area contributed by atoms with Gasteiger partial charge in [-0.3, -0.25) is 0 Å². The molecule has 17 heteroatoms. The van der Waals surface area contributed by atoms with Crippen molar-refractivity contribution in [2.45, 2.75) is 249 Å². The van der Waals surface area contributed by atoms with Crippen LogP contribution < -0.4 is 0 Å². The zero-order valence-electron chi connectivity index (χ0n) is 40.1. The molecule has 10 N–H and O–H groups in total. The number of fused-ring (bicyclic) bond motifs is 5. The zero-order valence-corrected chi connectivity index (χ0v) is 40.1. The molecule has 8 fully saturated rings. The van der Waals surface area contributed by atoms with E-state index >= 15 is 0 Å². The van der Waals surface area contributed by atoms with Crippen molar-refractivity contribution in [2.24, 2.45) is 45.3 Å². The van der Waals surface area contributed by atoms with Crippen LogP contribution >= 0.6 is 0 Å². The predicted octanol–water partition coefficient (Wildman–Crippen LogP) is 1.24. The molecule has 8 aliphatic rings. The molecule has 4 heterocycles. The van der Waals surface area contributed by atoms with E-state index in [9.17, 15) is 51.1 Å². The van der Waals surface area contributed by atoms with Crippen LogP contribution in [0.15, 0.2) is 0 Å². The minimum atomic E-state index is -1.76. The van der Waals surface area contributed by atoms with Crippen molar-refractivity contribution in [3.8, 4) is 0 Å². The highest BCUT2D eigenvalue weighted by Gasteiger charge is 2.72. The van der Waals surface area contributed by atoms with Gasteiger partial charge in [0, 0.05) is 0 Å². The van der Waals surface area contributed by atoms with E-state index in [2.05, 4.69) is 41.5 Å². The van der Waals surface area contributed by atoms with Crippen molar-refractivity contribution in [1.82, 2.24) is 0 Å². The van der Waals surface area contributed by atoms with Gasteiger partial charge in [-0.2, -0.15) is 0 Å². The van der Waals surface area contributed by atoms with Gasteiger partial charge in [0.2, 0.25) is 0 Å². The molecule has 0 bridgehead atoms. The van der Waals surface area contributed by atoms with Gasteiger partial charge in [-0.15, -0.1) is 0 Å². The van der Waals surface area contributed by atoms with Gasteiger partial charge in [0.1, 0.15) is 61.0 Å². The van der Waals surface area contributed by atoms with Crippen LogP contribution in [0.4, 0.5) is 0 Å². The Labute approximate surface area is 384 Å². The topological polar surface area (TPSA) is 267 Å². The van der Waals surface area contributed by atoms with Gasteiger partial charge in [0.25, 0.3) is 0 Å². The third-order valence-electron chi connectivity index (χ3n) is 19.5. The minimum Gasteiger partial charge on any atom is -0.394 e. The van der Waals surface area contributed by atoms with Crippen molar-refractivity contribution in [3.63, 3.8) is 0 Å². The molecule has 17 nitrogen and oxygen atoms in total. The maximum absolute atomic E-state index is 12.5. The van der Waals surface area contributed by atoms with Crippen LogP contribution in [0.5, 0.6) is 0 Å². The first-order valence-electron chi connectivity index (χ1n) is 24.5. The molecule has 4 aliphatic carbocycles. The largest absolute Gasteiger partial charge is 0.394 e. The van der Waals surface area contributed by atoms with Gasteiger partial charge in [0.05, 0.1) is 48.3 Å². The Hall–Kier alpha value is -0.680. The standard InChI is InChI=1S/C48H82O17/c1-21-31(51)34(54)36(56)40(59-21)63-38-33(53)25(20-49)61-42(39(38)64-41-37(57)35(55)32(52)22(2)60-41)62-28-13-15-45(7)26(43(28,3)4)12-17-46(8)27(45)19-24(50)30-23(11-16-47(30,46)9)48(10)18-14-29(65-48)44(5,6)58/h21-42,49-58H,11-20H2,1-10H3/t21-,22?,23-,24+,25+,26-,27+,28-,29+,30-,31-,32?,33+,34+,35+,36+,37+,38-,39+,40-,41?,42-,45-,46+,47+,48-/m0/s1. The van der Waals surface area contributed by atoms with E-state index in [1.165, 1.54) is 13.8 Å². The second-order valence-electron chi connectivity index (χ2n) is 23.8. The Morgan fingerprint density at radius 1 is 0.585 bits per heavy atom. The summed E-state index contributed by atoms with van der Waals surface area (Å²) < 4.78 is 44.3. The monoisotopic (exact) mass is 931 g/mol. The van der Waals surface area contributed by atoms with Crippen LogP contribution in [0.25, 0.3) is 0 Å². The van der Waals surface area contributed by atoms with E-state index in [4.69, 9.17) is 33.2 Å². The minimum absolute atomic E-state index is 0.0585. The van der Waals surface area contributed by atoms with Gasteiger partial charge in [-0.1, -0.05) is 34.6 Å². The highest BCUT2D eigenvalue weighted by atomic mass is 16.8. The summed E-state index contributed by atoms with van der Waals surface area (Å²) in [7, 11) is 0. The number of hydrogen-bond donors (Lipinski definition) is 10. The van der Waals surface area contributed by atoms with Crippen molar-refractivity contribution < 1.29 is 84.2 Å². The fraction of sp³-hybridized carbons (Fsp3) is 1.00. The number of ether oxygens (including phenoxy) is 7. The lowest BCUT2D eigenvalue weighted by molar-refractivity contribution is -0.397. The van der Waals surface area contributed by atoms with Gasteiger partial charge in [-0.05, 0) is 138 Å². The lowest BCUT2D eigenvalue weighted by Gasteiger charge is -2.71. The Kier molecular flexibility index (Phi) is 13.7. The molecule has 4 saturated carbocycles. The lowest BCUT2D eigenvalue weighted by Crippen LogP contribution is -2.68. The fourth-order valence-electron chi connectivity index (χ4n) is 15.5. The first kappa shape index (κ1) is 50.7. The van der Waals surface area contributed by atoms with Crippen LogP contribution in [-0.4, -0.2) is 179 Å². The third-order valence-corrected chi connectivity index (χ3v) is 19.5. The summed E-state index contributed by atoms with van der Waals surface area (Å²) in [5.41, 5.74) is -2.29. The highest BCUT2D eigenvalue weighted by Crippen LogP contribution is 2.76. The molecule has 0 spiro atoms. The first-order chi connectivity index (χ1) is 30.1. The van der Waals surface area contributed by atoms with E-state index in [1.54, 1.807) is 0 Å². The van der Waals surface area contributed by atoms with Crippen LogP contribution in [0.3, 0.4) is 0 Å². The maximum Gasteiger partial charge on any atom is 0.187 e. The highest BCUT2D eigenvalue weighted by molar-refractivity contribution is 5.21. The van der Waals surface area contributed by atoms with E-state index in [0.717, 1.165) is 44.9 Å². The molecule has 0 aromatic heterocycles. The molecule has 0 radical (unpaired) electrons. The second kappa shape index (κ2) is 17.6. The number of aliphatic hydroxyl groups excluding tert-OH is 9. The Morgan fingerprint density at radius 2 is 1.15 bits per heavy atom. The summed E-state index contributed by atoms with van der Waals surface area (Å²) in [5.74, 6) is 0.562. The average Bonchev–Trinajstić information content (AvgIpc) is 3.84. The molecule has 3 unspecified atom stereocenters. The van der Waals surface area contributed by atoms with E-state index in [1.807, 2.05) is 13.8 Å². The summed E-state index contributed by atoms with van der Waals surface area (Å²) in [6.07, 6.45) is -16.0. The molecule has 0 aromatic rings. The second-order valence-corrected chi connectivity index (χ2v) is 23.8. The molecule has 8 rings (SSSR count). The lowest BCUT2D eigenvalue weighted by atomic mass is 9.35. The van der Waals surface area contributed by atoms with Crippen molar-refractivity contribution >= 4 is 0 Å². The van der Waals surface area contributed by atoms with Gasteiger partial charge in [0.15, 0.2) is 18.9 Å².